The number of ether oxygens (including phenoxy) is 2. The Hall–Kier alpha value is -1.36. The van der Waals surface area contributed by atoms with E-state index >= 15 is 0 Å². The van der Waals surface area contributed by atoms with Crippen LogP contribution in [0.4, 0.5) is 0 Å². The van der Waals surface area contributed by atoms with E-state index < -0.39 is 17.5 Å². The number of thiophene rings is 1. The third-order valence-corrected chi connectivity index (χ3v) is 4.16. The summed E-state index contributed by atoms with van der Waals surface area (Å²) in [5, 5.41) is 0. The molecule has 1 aliphatic rings. The molecule has 1 aromatic rings. The Balaban J connectivity index is 1.89. The van der Waals surface area contributed by atoms with Gasteiger partial charge in [-0.25, -0.2) is 9.59 Å². The van der Waals surface area contributed by atoms with E-state index in [0.29, 0.717) is 4.88 Å². The Kier molecular flexibility index (Phi) is 4.48. The highest BCUT2D eigenvalue weighted by molar-refractivity contribution is 7.14. The van der Waals surface area contributed by atoms with E-state index in [1.54, 1.807) is 20.8 Å². The molecule has 110 valence electrons. The quantitative estimate of drug-likeness (QED) is 0.804. The molecular weight excluding hydrogens is 276 g/mol. The molecule has 0 aromatic carbocycles. The van der Waals surface area contributed by atoms with Gasteiger partial charge in [0.15, 0.2) is 6.61 Å². The fraction of sp³-hybridized carbons (Fsp3) is 0.600. The molecule has 0 saturated carbocycles. The molecule has 4 nitrogen and oxygen atoms in total. The molecular formula is C15H20O4S. The standard InChI is InChI=1S/C15H20O4S/c1-15(2,3)19-13(16)9-18-14(17)12-8-10-6-4-5-7-11(10)20-12/h8H,4-7,9H2,1-3H3. The van der Waals surface area contributed by atoms with Crippen LogP contribution >= 0.6 is 11.3 Å². The first-order valence-electron chi connectivity index (χ1n) is 6.86. The Bertz CT molecular complexity index is 487. The van der Waals surface area contributed by atoms with Crippen LogP contribution < -0.4 is 0 Å². The lowest BCUT2D eigenvalue weighted by Gasteiger charge is -2.19. The van der Waals surface area contributed by atoms with Crippen molar-refractivity contribution >= 4 is 23.3 Å². The van der Waals surface area contributed by atoms with Crippen molar-refractivity contribution in [3.8, 4) is 0 Å². The molecule has 0 spiro atoms. The first-order valence-corrected chi connectivity index (χ1v) is 7.67. The van der Waals surface area contributed by atoms with E-state index in [9.17, 15) is 9.59 Å². The lowest BCUT2D eigenvalue weighted by molar-refractivity contribution is -0.158. The van der Waals surface area contributed by atoms with Crippen molar-refractivity contribution < 1.29 is 19.1 Å². The molecule has 5 heteroatoms. The lowest BCUT2D eigenvalue weighted by Crippen LogP contribution is -2.27. The van der Waals surface area contributed by atoms with E-state index in [2.05, 4.69) is 0 Å². The highest BCUT2D eigenvalue weighted by Crippen LogP contribution is 2.30. The molecule has 0 saturated heterocycles. The van der Waals surface area contributed by atoms with Gasteiger partial charge in [0, 0.05) is 4.88 Å². The minimum Gasteiger partial charge on any atom is -0.457 e. The van der Waals surface area contributed by atoms with Crippen LogP contribution in [0.3, 0.4) is 0 Å². The number of esters is 2. The van der Waals surface area contributed by atoms with Crippen molar-refractivity contribution in [1.29, 1.82) is 0 Å². The average Bonchev–Trinajstić information content (AvgIpc) is 2.77. The summed E-state index contributed by atoms with van der Waals surface area (Å²) in [6.07, 6.45) is 4.43. The second-order valence-electron chi connectivity index (χ2n) is 5.93. The van der Waals surface area contributed by atoms with Gasteiger partial charge in [0.05, 0.1) is 0 Å². The Morgan fingerprint density at radius 1 is 1.25 bits per heavy atom. The summed E-state index contributed by atoms with van der Waals surface area (Å²) in [4.78, 5) is 25.3. The van der Waals surface area contributed by atoms with Crippen LogP contribution in [-0.2, 0) is 27.1 Å². The van der Waals surface area contributed by atoms with Crippen LogP contribution in [0.2, 0.25) is 0 Å². The van der Waals surface area contributed by atoms with E-state index in [1.807, 2.05) is 6.07 Å². The third kappa shape index (κ3) is 4.07. The SMILES string of the molecule is CC(C)(C)OC(=O)COC(=O)c1cc2c(s1)CCCC2. The smallest absolute Gasteiger partial charge is 0.348 e. The first-order chi connectivity index (χ1) is 9.35. The maximum absolute atomic E-state index is 11.9. The summed E-state index contributed by atoms with van der Waals surface area (Å²) in [5.74, 6) is -0.956. The molecule has 0 atom stereocenters. The van der Waals surface area contributed by atoms with Gasteiger partial charge in [-0.3, -0.25) is 0 Å². The van der Waals surface area contributed by atoms with Gasteiger partial charge >= 0.3 is 11.9 Å². The summed E-state index contributed by atoms with van der Waals surface area (Å²) in [5.41, 5.74) is 0.691. The normalized spacial score (nSPS) is 14.6. The number of fused-ring (bicyclic) bond motifs is 1. The van der Waals surface area contributed by atoms with Crippen molar-refractivity contribution in [2.24, 2.45) is 0 Å². The fourth-order valence-corrected chi connectivity index (χ4v) is 3.31. The van der Waals surface area contributed by atoms with Gasteiger partial charge in [0.25, 0.3) is 0 Å². The monoisotopic (exact) mass is 296 g/mol. The maximum atomic E-state index is 11.9. The molecule has 0 bridgehead atoms. The van der Waals surface area contributed by atoms with Crippen molar-refractivity contribution in [3.63, 3.8) is 0 Å². The molecule has 0 unspecified atom stereocenters. The van der Waals surface area contributed by atoms with Gasteiger partial charge in [-0.15, -0.1) is 11.3 Å². The topological polar surface area (TPSA) is 52.6 Å². The van der Waals surface area contributed by atoms with Crippen LogP contribution in [0.5, 0.6) is 0 Å². The zero-order valence-electron chi connectivity index (χ0n) is 12.2. The molecule has 1 aromatic heterocycles. The van der Waals surface area contributed by atoms with Crippen LogP contribution in [0.25, 0.3) is 0 Å². The Morgan fingerprint density at radius 3 is 2.60 bits per heavy atom. The first kappa shape index (κ1) is 15.0. The molecule has 0 N–H and O–H groups in total. The van der Waals surface area contributed by atoms with Crippen molar-refractivity contribution in [2.45, 2.75) is 52.1 Å². The van der Waals surface area contributed by atoms with Crippen LogP contribution in [0.15, 0.2) is 6.07 Å². The highest BCUT2D eigenvalue weighted by Gasteiger charge is 2.21. The second kappa shape index (κ2) is 5.95. The predicted molar refractivity (Wildman–Crippen MR) is 77.1 cm³/mol. The van der Waals surface area contributed by atoms with Crippen molar-refractivity contribution in [1.82, 2.24) is 0 Å². The average molecular weight is 296 g/mol. The van der Waals surface area contributed by atoms with Gasteiger partial charge in [-0.2, -0.15) is 0 Å². The van der Waals surface area contributed by atoms with E-state index in [-0.39, 0.29) is 6.61 Å². The molecule has 20 heavy (non-hydrogen) atoms. The molecule has 0 amide bonds. The predicted octanol–water partition coefficient (Wildman–Crippen LogP) is 3.13. The summed E-state index contributed by atoms with van der Waals surface area (Å²) in [6.45, 7) is 5.00. The molecule has 1 heterocycles. The largest absolute Gasteiger partial charge is 0.457 e. The summed E-state index contributed by atoms with van der Waals surface area (Å²) < 4.78 is 10.1. The second-order valence-corrected chi connectivity index (χ2v) is 7.07. The third-order valence-electron chi connectivity index (χ3n) is 2.94. The highest BCUT2D eigenvalue weighted by atomic mass is 32.1. The lowest BCUT2D eigenvalue weighted by atomic mass is 9.99. The van der Waals surface area contributed by atoms with Gasteiger partial charge in [0.2, 0.25) is 0 Å². The molecule has 2 rings (SSSR count). The van der Waals surface area contributed by atoms with E-state index in [4.69, 9.17) is 9.47 Å². The Morgan fingerprint density at radius 2 is 1.95 bits per heavy atom. The van der Waals surface area contributed by atoms with Crippen molar-refractivity contribution in [2.75, 3.05) is 6.61 Å². The molecule has 0 radical (unpaired) electrons. The number of aryl methyl sites for hydroxylation is 2. The molecule has 0 fully saturated rings. The van der Waals surface area contributed by atoms with Crippen molar-refractivity contribution in [3.05, 3.63) is 21.4 Å². The molecule has 0 aliphatic heterocycles. The van der Waals surface area contributed by atoms with E-state index in [0.717, 1.165) is 12.8 Å². The van der Waals surface area contributed by atoms with Gasteiger partial charge in [0.1, 0.15) is 10.5 Å². The van der Waals surface area contributed by atoms with Gasteiger partial charge in [-0.05, 0) is 58.1 Å². The Labute approximate surface area is 123 Å². The van der Waals surface area contributed by atoms with Crippen LogP contribution in [0, 0.1) is 0 Å². The number of carbonyl (C=O) groups excluding carboxylic acids is 2. The van der Waals surface area contributed by atoms with E-state index in [1.165, 1.54) is 34.6 Å². The molecule has 1 aliphatic carbocycles. The van der Waals surface area contributed by atoms with Gasteiger partial charge in [-0.1, -0.05) is 0 Å². The van der Waals surface area contributed by atoms with Gasteiger partial charge < -0.3 is 9.47 Å². The van der Waals surface area contributed by atoms with Crippen LogP contribution in [-0.4, -0.2) is 24.1 Å². The number of carbonyl (C=O) groups is 2. The number of hydrogen-bond donors (Lipinski definition) is 0. The summed E-state index contributed by atoms with van der Waals surface area (Å²) in [6, 6.07) is 1.90. The minimum absolute atomic E-state index is 0.335. The summed E-state index contributed by atoms with van der Waals surface area (Å²) >= 11 is 1.48. The zero-order valence-corrected chi connectivity index (χ0v) is 13.0. The minimum atomic E-state index is -0.564. The zero-order chi connectivity index (χ0) is 14.8. The fourth-order valence-electron chi connectivity index (χ4n) is 2.16. The van der Waals surface area contributed by atoms with Crippen LogP contribution in [0.1, 0.15) is 53.7 Å². The maximum Gasteiger partial charge on any atom is 0.348 e. The summed E-state index contributed by atoms with van der Waals surface area (Å²) in [7, 11) is 0. The number of hydrogen-bond acceptors (Lipinski definition) is 5. The number of rotatable bonds is 3.